The molecule has 2 heterocycles. The molecule has 0 aliphatic carbocycles. The van der Waals surface area contributed by atoms with E-state index >= 15 is 0 Å². The maximum Gasteiger partial charge on any atom is 0.123 e. The molecular weight excluding hydrogens is 275 g/mol. The van der Waals surface area contributed by atoms with E-state index < -0.39 is 0 Å². The Morgan fingerprint density at radius 1 is 1.19 bits per heavy atom. The van der Waals surface area contributed by atoms with E-state index in [2.05, 4.69) is 11.0 Å². The maximum atomic E-state index is 10.1. The molecule has 1 radical (unpaired) electrons. The Hall–Kier alpha value is -0.0761. The molecule has 1 aromatic carbocycles. The first-order valence-electron chi connectivity index (χ1n) is 5.86. The van der Waals surface area contributed by atoms with Gasteiger partial charge < -0.3 is 10.0 Å². The van der Waals surface area contributed by atoms with Crippen LogP contribution in [0.25, 0.3) is 0 Å². The quantitative estimate of drug-likeness (QED) is 0.793. The Bertz CT molecular complexity index is 415. The van der Waals surface area contributed by atoms with Gasteiger partial charge in [-0.05, 0) is 43.7 Å². The van der Waals surface area contributed by atoms with Gasteiger partial charge in [-0.3, -0.25) is 0 Å². The zero-order valence-corrected chi connectivity index (χ0v) is 12.6. The van der Waals surface area contributed by atoms with E-state index in [0.717, 1.165) is 12.0 Å². The Kier molecular flexibility index (Phi) is 3.60. The molecule has 1 aromatic rings. The van der Waals surface area contributed by atoms with Gasteiger partial charge in [0.25, 0.3) is 0 Å². The van der Waals surface area contributed by atoms with E-state index in [1.54, 1.807) is 0 Å². The smallest absolute Gasteiger partial charge is 0.123 e. The summed E-state index contributed by atoms with van der Waals surface area (Å²) in [7, 11) is 0. The second-order valence-corrected chi connectivity index (χ2v) is 4.72. The zero-order valence-electron chi connectivity index (χ0n) is 9.79. The summed E-state index contributed by atoms with van der Waals surface area (Å²) >= 11 is 0. The average Bonchev–Trinajstić information content (AvgIpc) is 2.26. The van der Waals surface area contributed by atoms with Crippen LogP contribution in [-0.2, 0) is 45.6 Å². The summed E-state index contributed by atoms with van der Waals surface area (Å²) in [6.45, 7) is 4.35. The van der Waals surface area contributed by atoms with Crippen molar-refractivity contribution in [1.29, 1.82) is 0 Å². The van der Waals surface area contributed by atoms with Crippen LogP contribution in [0, 0.1) is 6.92 Å². The predicted molar refractivity (Wildman–Crippen MR) is 61.7 cm³/mol. The molecular formula is C13H17NOY. The van der Waals surface area contributed by atoms with Crippen molar-refractivity contribution in [1.82, 2.24) is 0 Å². The Labute approximate surface area is 122 Å². The molecule has 16 heavy (non-hydrogen) atoms. The minimum atomic E-state index is 0. The van der Waals surface area contributed by atoms with Gasteiger partial charge in [-0.15, -0.1) is 0 Å². The largest absolute Gasteiger partial charge is 0.507 e. The van der Waals surface area contributed by atoms with Gasteiger partial charge in [-0.1, -0.05) is 6.07 Å². The zero-order chi connectivity index (χ0) is 10.4. The Balaban J connectivity index is 0.000000963. The minimum absolute atomic E-state index is 0. The Morgan fingerprint density at radius 2 is 1.88 bits per heavy atom. The number of aromatic hydroxyl groups is 1. The van der Waals surface area contributed by atoms with Crippen LogP contribution < -0.4 is 4.90 Å². The first-order valence-corrected chi connectivity index (χ1v) is 5.86. The molecule has 0 amide bonds. The fourth-order valence-electron chi connectivity index (χ4n) is 3.01. The summed E-state index contributed by atoms with van der Waals surface area (Å²) in [5, 5.41) is 10.1. The monoisotopic (exact) mass is 292 g/mol. The van der Waals surface area contributed by atoms with Crippen molar-refractivity contribution in [3.63, 3.8) is 0 Å². The SMILES string of the molecule is Cc1cc2c3c(c1O)CCCN3CCC2.[Y]. The summed E-state index contributed by atoms with van der Waals surface area (Å²) in [5.41, 5.74) is 5.06. The number of rotatable bonds is 0. The molecule has 0 spiro atoms. The van der Waals surface area contributed by atoms with Gasteiger partial charge in [0.1, 0.15) is 5.75 Å². The molecule has 2 nitrogen and oxygen atoms in total. The van der Waals surface area contributed by atoms with Gasteiger partial charge in [0.2, 0.25) is 0 Å². The summed E-state index contributed by atoms with van der Waals surface area (Å²) in [6, 6.07) is 2.17. The number of aryl methyl sites for hydroxylation is 2. The van der Waals surface area contributed by atoms with Gasteiger partial charge >= 0.3 is 0 Å². The number of hydrogen-bond acceptors (Lipinski definition) is 2. The molecule has 3 rings (SSSR count). The number of benzene rings is 1. The van der Waals surface area contributed by atoms with Crippen molar-refractivity contribution in [3.05, 3.63) is 22.8 Å². The minimum Gasteiger partial charge on any atom is -0.507 e. The summed E-state index contributed by atoms with van der Waals surface area (Å²) < 4.78 is 0. The van der Waals surface area contributed by atoms with Gasteiger partial charge in [0, 0.05) is 57.0 Å². The number of hydrogen-bond donors (Lipinski definition) is 1. The van der Waals surface area contributed by atoms with Crippen molar-refractivity contribution in [3.8, 4) is 5.75 Å². The third-order valence-electron chi connectivity index (χ3n) is 3.69. The maximum absolute atomic E-state index is 10.1. The van der Waals surface area contributed by atoms with E-state index in [1.807, 2.05) is 6.92 Å². The molecule has 0 saturated heterocycles. The fraction of sp³-hybridized carbons (Fsp3) is 0.538. The molecule has 2 aliphatic rings. The van der Waals surface area contributed by atoms with Crippen LogP contribution in [0.2, 0.25) is 0 Å². The topological polar surface area (TPSA) is 23.5 Å². The van der Waals surface area contributed by atoms with E-state index in [0.29, 0.717) is 5.75 Å². The van der Waals surface area contributed by atoms with Crippen LogP contribution in [0.3, 0.4) is 0 Å². The van der Waals surface area contributed by atoms with Gasteiger partial charge in [0.05, 0.1) is 0 Å². The van der Waals surface area contributed by atoms with Gasteiger partial charge in [0.15, 0.2) is 0 Å². The van der Waals surface area contributed by atoms with Gasteiger partial charge in [-0.25, -0.2) is 0 Å². The van der Waals surface area contributed by atoms with Crippen molar-refractivity contribution in [2.75, 3.05) is 18.0 Å². The van der Waals surface area contributed by atoms with E-state index in [9.17, 15) is 5.11 Å². The standard InChI is InChI=1S/C13H17NO.Y/c1-9-8-10-4-2-6-14-7-3-5-11(12(10)14)13(9)15;/h8,15H,2-7H2,1H3;. The normalized spacial score (nSPS) is 17.7. The summed E-state index contributed by atoms with van der Waals surface area (Å²) in [6.07, 6.45) is 4.67. The first-order chi connectivity index (χ1) is 7.27. The van der Waals surface area contributed by atoms with Crippen molar-refractivity contribution in [2.24, 2.45) is 0 Å². The molecule has 0 aromatic heterocycles. The molecule has 0 unspecified atom stereocenters. The van der Waals surface area contributed by atoms with Crippen LogP contribution >= 0.6 is 0 Å². The number of phenols is 1. The van der Waals surface area contributed by atoms with E-state index in [4.69, 9.17) is 0 Å². The number of phenolic OH excluding ortho intramolecular Hbond substituents is 1. The average molecular weight is 292 g/mol. The molecule has 2 aliphatic heterocycles. The summed E-state index contributed by atoms with van der Waals surface area (Å²) in [4.78, 5) is 2.46. The molecule has 0 atom stereocenters. The van der Waals surface area contributed by atoms with E-state index in [-0.39, 0.29) is 32.7 Å². The molecule has 0 saturated carbocycles. The number of anilines is 1. The second-order valence-electron chi connectivity index (χ2n) is 4.72. The predicted octanol–water partition coefficient (Wildman–Crippen LogP) is 2.40. The molecule has 83 valence electrons. The molecule has 3 heteroatoms. The van der Waals surface area contributed by atoms with Crippen LogP contribution in [-0.4, -0.2) is 18.2 Å². The third kappa shape index (κ3) is 1.80. The molecule has 1 N–H and O–H groups in total. The van der Waals surface area contributed by atoms with Crippen molar-refractivity contribution >= 4 is 5.69 Å². The second kappa shape index (κ2) is 4.66. The van der Waals surface area contributed by atoms with Crippen molar-refractivity contribution in [2.45, 2.75) is 32.6 Å². The molecule has 0 bridgehead atoms. The van der Waals surface area contributed by atoms with Gasteiger partial charge in [-0.2, -0.15) is 0 Å². The fourth-order valence-corrected chi connectivity index (χ4v) is 3.01. The van der Waals surface area contributed by atoms with Crippen LogP contribution in [0.4, 0.5) is 5.69 Å². The van der Waals surface area contributed by atoms with Crippen molar-refractivity contribution < 1.29 is 37.8 Å². The van der Waals surface area contributed by atoms with Crippen LogP contribution in [0.1, 0.15) is 29.5 Å². The molecule has 0 fully saturated rings. The third-order valence-corrected chi connectivity index (χ3v) is 3.69. The van der Waals surface area contributed by atoms with E-state index in [1.165, 1.54) is 49.2 Å². The number of nitrogens with zero attached hydrogens (tertiary/aromatic N) is 1. The van der Waals surface area contributed by atoms with Crippen LogP contribution in [0.5, 0.6) is 5.75 Å². The van der Waals surface area contributed by atoms with Crippen LogP contribution in [0.15, 0.2) is 6.07 Å². The Morgan fingerprint density at radius 3 is 2.62 bits per heavy atom. The summed E-state index contributed by atoms with van der Waals surface area (Å²) in [5.74, 6) is 0.542. The first kappa shape index (κ1) is 12.4.